The van der Waals surface area contributed by atoms with Crippen molar-refractivity contribution in [2.24, 2.45) is 5.92 Å². The van der Waals surface area contributed by atoms with Gasteiger partial charge in [-0.1, -0.05) is 26.2 Å². The molecule has 0 aromatic carbocycles. The van der Waals surface area contributed by atoms with Crippen LogP contribution in [0, 0.1) is 5.92 Å². The summed E-state index contributed by atoms with van der Waals surface area (Å²) in [5.41, 5.74) is 0. The van der Waals surface area contributed by atoms with Crippen molar-refractivity contribution in [3.63, 3.8) is 0 Å². The van der Waals surface area contributed by atoms with Crippen molar-refractivity contribution in [2.75, 3.05) is 18.1 Å². The molecule has 1 saturated carbocycles. The van der Waals surface area contributed by atoms with Crippen molar-refractivity contribution in [2.45, 2.75) is 57.5 Å². The van der Waals surface area contributed by atoms with Crippen molar-refractivity contribution in [3.05, 3.63) is 0 Å². The van der Waals surface area contributed by atoms with Gasteiger partial charge in [0.2, 0.25) is 0 Å². The molecule has 6 heteroatoms. The number of thioether (sulfide) groups is 1. The van der Waals surface area contributed by atoms with Gasteiger partial charge in [-0.05, 0) is 18.8 Å². The number of nitrogens with one attached hydrogen (secondary N) is 1. The van der Waals surface area contributed by atoms with Crippen LogP contribution in [0.4, 0.5) is 4.79 Å². The molecule has 2 amide bonds. The lowest BCUT2D eigenvalue weighted by molar-refractivity contribution is -0.138. The number of carbonyl (C=O) groups is 2. The summed E-state index contributed by atoms with van der Waals surface area (Å²) in [7, 11) is 0. The van der Waals surface area contributed by atoms with Crippen LogP contribution < -0.4 is 5.32 Å². The number of carbonyl (C=O) groups excluding carboxylic acids is 1. The van der Waals surface area contributed by atoms with E-state index in [0.717, 1.165) is 17.9 Å². The molecule has 3 unspecified atom stereocenters. The quantitative estimate of drug-likeness (QED) is 0.786. The Morgan fingerprint density at radius 2 is 2.05 bits per heavy atom. The highest BCUT2D eigenvalue weighted by Gasteiger charge is 2.31. The van der Waals surface area contributed by atoms with Gasteiger partial charge >= 0.3 is 12.0 Å². The van der Waals surface area contributed by atoms with Crippen LogP contribution in [0.3, 0.4) is 0 Å². The predicted molar refractivity (Wildman–Crippen MR) is 84.6 cm³/mol. The third-order valence-corrected chi connectivity index (χ3v) is 5.66. The largest absolute Gasteiger partial charge is 0.481 e. The number of carboxylic acids is 1. The third-order valence-electron chi connectivity index (χ3n) is 4.57. The third kappa shape index (κ3) is 4.80. The average Bonchev–Trinajstić information content (AvgIpc) is 2.64. The van der Waals surface area contributed by atoms with E-state index in [0.29, 0.717) is 12.5 Å². The Morgan fingerprint density at radius 3 is 2.81 bits per heavy atom. The zero-order chi connectivity index (χ0) is 15.2. The lowest BCUT2D eigenvalue weighted by atomic mass is 9.97. The molecule has 1 heterocycles. The molecule has 2 aliphatic rings. The Bertz CT molecular complexity index is 378. The molecule has 120 valence electrons. The highest BCUT2D eigenvalue weighted by atomic mass is 32.2. The summed E-state index contributed by atoms with van der Waals surface area (Å²) in [6.45, 7) is 2.85. The number of rotatable bonds is 3. The lowest BCUT2D eigenvalue weighted by Crippen LogP contribution is -2.54. The SMILES string of the molecule is CC1CCCCCC1NC(=O)N1CCSCC1CC(=O)O. The summed E-state index contributed by atoms with van der Waals surface area (Å²) in [5.74, 6) is 1.29. The molecule has 0 aromatic rings. The average molecular weight is 314 g/mol. The molecule has 2 fully saturated rings. The van der Waals surface area contributed by atoms with Crippen molar-refractivity contribution in [3.8, 4) is 0 Å². The summed E-state index contributed by atoms with van der Waals surface area (Å²) in [6, 6.07) is -0.0114. The topological polar surface area (TPSA) is 69.6 Å². The molecule has 2 N–H and O–H groups in total. The summed E-state index contributed by atoms with van der Waals surface area (Å²) in [6.07, 6.45) is 5.91. The van der Waals surface area contributed by atoms with E-state index < -0.39 is 5.97 Å². The summed E-state index contributed by atoms with van der Waals surface area (Å²) < 4.78 is 0. The Morgan fingerprint density at radius 1 is 1.29 bits per heavy atom. The lowest BCUT2D eigenvalue weighted by Gasteiger charge is -2.36. The van der Waals surface area contributed by atoms with Crippen molar-refractivity contribution >= 4 is 23.8 Å². The predicted octanol–water partition coefficient (Wildman–Crippen LogP) is 2.56. The van der Waals surface area contributed by atoms with E-state index in [1.54, 1.807) is 16.7 Å². The van der Waals surface area contributed by atoms with E-state index in [1.165, 1.54) is 25.7 Å². The van der Waals surface area contributed by atoms with Crippen molar-refractivity contribution < 1.29 is 14.7 Å². The molecule has 0 spiro atoms. The van der Waals surface area contributed by atoms with Gasteiger partial charge in [-0.3, -0.25) is 4.79 Å². The zero-order valence-electron chi connectivity index (χ0n) is 12.7. The number of nitrogens with zero attached hydrogens (tertiary/aromatic N) is 1. The molecule has 21 heavy (non-hydrogen) atoms. The monoisotopic (exact) mass is 314 g/mol. The number of carboxylic acid groups (broad SMARTS) is 1. The van der Waals surface area contributed by atoms with E-state index >= 15 is 0 Å². The van der Waals surface area contributed by atoms with Crippen LogP contribution in [-0.2, 0) is 4.79 Å². The number of urea groups is 1. The number of hydrogen-bond acceptors (Lipinski definition) is 3. The second-order valence-electron chi connectivity index (χ2n) is 6.19. The fourth-order valence-corrected chi connectivity index (χ4v) is 4.30. The number of amides is 2. The van der Waals surface area contributed by atoms with E-state index in [-0.39, 0.29) is 24.5 Å². The van der Waals surface area contributed by atoms with Crippen LogP contribution >= 0.6 is 11.8 Å². The fraction of sp³-hybridized carbons (Fsp3) is 0.867. The molecule has 2 rings (SSSR count). The van der Waals surface area contributed by atoms with Gasteiger partial charge < -0.3 is 15.3 Å². The Kier molecular flexibility index (Phi) is 6.21. The number of hydrogen-bond donors (Lipinski definition) is 2. The molecular weight excluding hydrogens is 288 g/mol. The van der Waals surface area contributed by atoms with Crippen molar-refractivity contribution in [1.29, 1.82) is 0 Å². The van der Waals surface area contributed by atoms with Crippen LogP contribution in [0.5, 0.6) is 0 Å². The second-order valence-corrected chi connectivity index (χ2v) is 7.34. The van der Waals surface area contributed by atoms with Gasteiger partial charge in [-0.25, -0.2) is 4.79 Å². The number of aliphatic carboxylic acids is 1. The van der Waals surface area contributed by atoms with Gasteiger partial charge in [-0.15, -0.1) is 0 Å². The summed E-state index contributed by atoms with van der Waals surface area (Å²) in [5, 5.41) is 12.2. The standard InChI is InChI=1S/C15H26N2O3S/c1-11-5-3-2-4-6-13(11)16-15(20)17-7-8-21-10-12(17)9-14(18)19/h11-13H,2-10H2,1H3,(H,16,20)(H,18,19). The minimum Gasteiger partial charge on any atom is -0.481 e. The molecule has 1 saturated heterocycles. The van der Waals surface area contributed by atoms with Crippen LogP contribution in [0.2, 0.25) is 0 Å². The molecule has 1 aliphatic heterocycles. The molecule has 1 aliphatic carbocycles. The normalized spacial score (nSPS) is 30.5. The maximum absolute atomic E-state index is 12.5. The van der Waals surface area contributed by atoms with Gasteiger partial charge in [-0.2, -0.15) is 11.8 Å². The highest BCUT2D eigenvalue weighted by Crippen LogP contribution is 2.24. The zero-order valence-corrected chi connectivity index (χ0v) is 13.5. The Balaban J connectivity index is 1.94. The van der Waals surface area contributed by atoms with E-state index in [1.807, 2.05) is 0 Å². The van der Waals surface area contributed by atoms with Gasteiger partial charge in [0.1, 0.15) is 0 Å². The maximum atomic E-state index is 12.5. The van der Waals surface area contributed by atoms with E-state index in [4.69, 9.17) is 5.11 Å². The van der Waals surface area contributed by atoms with E-state index in [9.17, 15) is 9.59 Å². The first-order valence-corrected chi connectivity index (χ1v) is 9.10. The van der Waals surface area contributed by atoms with E-state index in [2.05, 4.69) is 12.2 Å². The molecule has 3 atom stereocenters. The first-order chi connectivity index (χ1) is 10.1. The molecule has 0 bridgehead atoms. The second kappa shape index (κ2) is 7.92. The molecular formula is C15H26N2O3S. The van der Waals surface area contributed by atoms with Crippen LogP contribution in [0.1, 0.15) is 45.4 Å². The fourth-order valence-electron chi connectivity index (χ4n) is 3.24. The smallest absolute Gasteiger partial charge is 0.317 e. The minimum atomic E-state index is -0.830. The van der Waals surface area contributed by atoms with Crippen LogP contribution in [0.25, 0.3) is 0 Å². The van der Waals surface area contributed by atoms with Crippen LogP contribution in [-0.4, -0.2) is 52.1 Å². The summed E-state index contributed by atoms with van der Waals surface area (Å²) >= 11 is 1.73. The Hall–Kier alpha value is -0.910. The minimum absolute atomic E-state index is 0.0423. The first-order valence-electron chi connectivity index (χ1n) is 7.94. The van der Waals surface area contributed by atoms with Crippen molar-refractivity contribution in [1.82, 2.24) is 10.2 Å². The van der Waals surface area contributed by atoms with Gasteiger partial charge in [0.05, 0.1) is 12.5 Å². The van der Waals surface area contributed by atoms with Crippen LogP contribution in [0.15, 0.2) is 0 Å². The highest BCUT2D eigenvalue weighted by molar-refractivity contribution is 7.99. The first kappa shape index (κ1) is 16.5. The summed E-state index contributed by atoms with van der Waals surface area (Å²) in [4.78, 5) is 25.2. The van der Waals surface area contributed by atoms with Gasteiger partial charge in [0.25, 0.3) is 0 Å². The molecule has 5 nitrogen and oxygen atoms in total. The molecule has 0 aromatic heterocycles. The Labute approximate surface area is 130 Å². The van der Waals surface area contributed by atoms with Gasteiger partial charge in [0, 0.05) is 24.1 Å². The van der Waals surface area contributed by atoms with Gasteiger partial charge in [0.15, 0.2) is 0 Å². The maximum Gasteiger partial charge on any atom is 0.317 e. The molecule has 0 radical (unpaired) electrons.